The molecule has 1 amide bonds. The lowest BCUT2D eigenvalue weighted by Crippen LogP contribution is -2.66. The summed E-state index contributed by atoms with van der Waals surface area (Å²) >= 11 is 0. The maximum absolute atomic E-state index is 13.9. The molecular weight excluding hydrogens is 480 g/mol. The Morgan fingerprint density at radius 1 is 1.08 bits per heavy atom. The van der Waals surface area contributed by atoms with E-state index in [4.69, 9.17) is 4.74 Å². The van der Waals surface area contributed by atoms with E-state index in [1.807, 2.05) is 31.2 Å². The third kappa shape index (κ3) is 3.93. The number of aryl methyl sites for hydroxylation is 1. The minimum atomic E-state index is -3.91. The zero-order valence-corrected chi connectivity index (χ0v) is 21.6. The summed E-state index contributed by atoms with van der Waals surface area (Å²) in [5, 5.41) is 11.3. The van der Waals surface area contributed by atoms with E-state index in [9.17, 15) is 23.1 Å². The second kappa shape index (κ2) is 8.97. The highest BCUT2D eigenvalue weighted by molar-refractivity contribution is 7.89. The molecular formula is C27H32N2O6S. The summed E-state index contributed by atoms with van der Waals surface area (Å²) in [6.07, 6.45) is 0.797. The van der Waals surface area contributed by atoms with Gasteiger partial charge in [0, 0.05) is 24.9 Å². The van der Waals surface area contributed by atoms with E-state index in [0.29, 0.717) is 31.4 Å². The van der Waals surface area contributed by atoms with Gasteiger partial charge in [-0.1, -0.05) is 29.8 Å². The second-order valence-corrected chi connectivity index (χ2v) is 12.4. The molecule has 2 aliphatic heterocycles. The molecule has 1 N–H and O–H groups in total. The number of hydrogen-bond donors (Lipinski definition) is 1. The van der Waals surface area contributed by atoms with Crippen LogP contribution < -0.4 is 4.74 Å². The number of Topliss-reactive ketones (excluding diaryl/α,β-unsaturated/α-hetero) is 1. The second-order valence-electron chi connectivity index (χ2n) is 10.4. The lowest BCUT2D eigenvalue weighted by Gasteiger charge is -2.54. The highest BCUT2D eigenvalue weighted by Crippen LogP contribution is 2.51. The van der Waals surface area contributed by atoms with Crippen LogP contribution in [-0.4, -0.2) is 72.3 Å². The van der Waals surface area contributed by atoms with E-state index in [1.165, 1.54) is 11.4 Å². The number of aliphatic hydroxyl groups is 1. The summed E-state index contributed by atoms with van der Waals surface area (Å²) in [5.74, 6) is -0.141. The molecule has 3 aliphatic rings. The number of ketones is 1. The van der Waals surface area contributed by atoms with Gasteiger partial charge in [0.25, 0.3) is 0 Å². The first kappa shape index (κ1) is 24.9. The van der Waals surface area contributed by atoms with Crippen LogP contribution in [0.5, 0.6) is 5.75 Å². The van der Waals surface area contributed by atoms with Crippen molar-refractivity contribution in [3.8, 4) is 5.75 Å². The number of fused-ring (bicyclic) bond motifs is 1. The van der Waals surface area contributed by atoms with E-state index in [-0.39, 0.29) is 23.0 Å². The number of rotatable bonds is 6. The average Bonchev–Trinajstić information content (AvgIpc) is 3.15. The Hall–Kier alpha value is -2.75. The minimum absolute atomic E-state index is 0.0176. The van der Waals surface area contributed by atoms with Gasteiger partial charge in [-0.25, -0.2) is 8.42 Å². The number of benzene rings is 2. The van der Waals surface area contributed by atoms with Gasteiger partial charge < -0.3 is 14.7 Å². The monoisotopic (exact) mass is 512 g/mol. The van der Waals surface area contributed by atoms with Gasteiger partial charge in [-0.05, 0) is 62.4 Å². The highest BCUT2D eigenvalue weighted by Gasteiger charge is 2.63. The Kier molecular flexibility index (Phi) is 6.21. The number of piperidine rings is 1. The molecule has 0 radical (unpaired) electrons. The van der Waals surface area contributed by atoms with Gasteiger partial charge in [0.15, 0.2) is 0 Å². The number of nitrogens with zero attached hydrogens (tertiary/aromatic N) is 2. The van der Waals surface area contributed by atoms with E-state index in [0.717, 1.165) is 11.1 Å². The Bertz CT molecular complexity index is 1280. The first-order valence-electron chi connectivity index (χ1n) is 12.3. The molecule has 8 nitrogen and oxygen atoms in total. The Morgan fingerprint density at radius 3 is 2.39 bits per heavy atom. The molecule has 5 rings (SSSR count). The number of carbonyl (C=O) groups is 2. The number of aliphatic hydroxyl groups excluding tert-OH is 1. The zero-order chi connectivity index (χ0) is 25.8. The fourth-order valence-electron chi connectivity index (χ4n) is 6.30. The highest BCUT2D eigenvalue weighted by atomic mass is 32.2. The van der Waals surface area contributed by atoms with E-state index in [2.05, 4.69) is 0 Å². The van der Waals surface area contributed by atoms with Crippen LogP contribution in [0, 0.1) is 12.8 Å². The van der Waals surface area contributed by atoms with Crippen molar-refractivity contribution in [2.24, 2.45) is 5.92 Å². The van der Waals surface area contributed by atoms with Crippen molar-refractivity contribution >= 4 is 21.7 Å². The number of likely N-dealkylation sites (N-methyl/N-ethyl adjacent to an activating group) is 1. The van der Waals surface area contributed by atoms with Gasteiger partial charge in [0.2, 0.25) is 15.9 Å². The molecule has 3 fully saturated rings. The molecule has 2 heterocycles. The quantitative estimate of drug-likeness (QED) is 0.637. The maximum Gasteiger partial charge on any atom is 0.243 e. The summed E-state index contributed by atoms with van der Waals surface area (Å²) in [4.78, 5) is 28.6. The molecule has 192 valence electrons. The number of amides is 1. The largest absolute Gasteiger partial charge is 0.497 e. The molecule has 2 bridgehead atoms. The first-order chi connectivity index (χ1) is 17.1. The normalized spacial score (nSPS) is 30.0. The number of carbonyl (C=O) groups excluding carboxylic acids is 2. The molecule has 2 aromatic carbocycles. The molecule has 5 atom stereocenters. The van der Waals surface area contributed by atoms with Crippen LogP contribution in [0.2, 0.25) is 0 Å². The number of ether oxygens (including phenoxy) is 1. The fraction of sp³-hybridized carbons (Fsp3) is 0.481. The summed E-state index contributed by atoms with van der Waals surface area (Å²) < 4.78 is 33.3. The summed E-state index contributed by atoms with van der Waals surface area (Å²) in [6, 6.07) is 12.5. The predicted molar refractivity (Wildman–Crippen MR) is 133 cm³/mol. The van der Waals surface area contributed by atoms with Crippen LogP contribution in [0.3, 0.4) is 0 Å². The molecule has 36 heavy (non-hydrogen) atoms. The van der Waals surface area contributed by atoms with E-state index < -0.39 is 39.7 Å². The van der Waals surface area contributed by atoms with Crippen LogP contribution in [0.25, 0.3) is 0 Å². The third-order valence-electron chi connectivity index (χ3n) is 8.34. The van der Waals surface area contributed by atoms with Gasteiger partial charge in [0.1, 0.15) is 17.6 Å². The van der Waals surface area contributed by atoms with Crippen molar-refractivity contribution in [2.75, 3.05) is 14.2 Å². The van der Waals surface area contributed by atoms with Gasteiger partial charge >= 0.3 is 0 Å². The lowest BCUT2D eigenvalue weighted by molar-refractivity contribution is -0.162. The molecule has 9 heteroatoms. The standard InChI is InChI=1S/C27H32N2O6S/c1-17-4-10-20(11-5-17)36(33,34)28(2)23-16-27-13-12-24(30)21(15-27)25(31)22(29(27)26(23)32)14-18-6-8-19(35-3)9-7-18/h4-11,21-23,25,31H,12-16H2,1-3H3/t21-,22-,23-,25-,27+/m0/s1. The maximum atomic E-state index is 13.9. The zero-order valence-electron chi connectivity index (χ0n) is 20.8. The molecule has 0 aromatic heterocycles. The van der Waals surface area contributed by atoms with Crippen LogP contribution in [-0.2, 0) is 26.0 Å². The minimum Gasteiger partial charge on any atom is -0.497 e. The van der Waals surface area contributed by atoms with Crippen molar-refractivity contribution in [1.29, 1.82) is 0 Å². The van der Waals surface area contributed by atoms with E-state index >= 15 is 0 Å². The van der Waals surface area contributed by atoms with Crippen LogP contribution in [0.1, 0.15) is 36.8 Å². The topological polar surface area (TPSA) is 104 Å². The molecule has 1 aliphatic carbocycles. The van der Waals surface area contributed by atoms with Crippen molar-refractivity contribution < 1.29 is 27.9 Å². The lowest BCUT2D eigenvalue weighted by atomic mass is 9.66. The first-order valence-corrected chi connectivity index (χ1v) is 13.7. The van der Waals surface area contributed by atoms with Gasteiger partial charge in [0.05, 0.1) is 24.2 Å². The van der Waals surface area contributed by atoms with Crippen molar-refractivity contribution in [1.82, 2.24) is 9.21 Å². The Morgan fingerprint density at radius 2 is 1.75 bits per heavy atom. The molecule has 2 aromatic rings. The van der Waals surface area contributed by atoms with Crippen LogP contribution in [0.4, 0.5) is 0 Å². The molecule has 1 saturated carbocycles. The number of methoxy groups -OCH3 is 1. The number of hydrogen-bond acceptors (Lipinski definition) is 6. The predicted octanol–water partition coefficient (Wildman–Crippen LogP) is 2.32. The molecule has 0 unspecified atom stereocenters. The van der Waals surface area contributed by atoms with E-state index in [1.54, 1.807) is 36.3 Å². The SMILES string of the molecule is COc1ccc(C[C@H]2[C@@H](O)[C@H]3C[C@]4(CCC3=O)C[C@H](N(C)S(=O)(=O)c3ccc(C)cc3)C(=O)N24)cc1. The van der Waals surface area contributed by atoms with Crippen molar-refractivity contribution in [3.63, 3.8) is 0 Å². The summed E-state index contributed by atoms with van der Waals surface area (Å²) in [5.41, 5.74) is 1.20. The smallest absolute Gasteiger partial charge is 0.243 e. The summed E-state index contributed by atoms with van der Waals surface area (Å²) in [6.45, 7) is 1.88. The van der Waals surface area contributed by atoms with Crippen molar-refractivity contribution in [2.45, 2.75) is 67.6 Å². The van der Waals surface area contributed by atoms with Gasteiger partial charge in [-0.3, -0.25) is 9.59 Å². The molecule has 1 spiro atoms. The average molecular weight is 513 g/mol. The fourth-order valence-corrected chi connectivity index (χ4v) is 7.61. The van der Waals surface area contributed by atoms with Gasteiger partial charge in [-0.15, -0.1) is 0 Å². The summed E-state index contributed by atoms with van der Waals surface area (Å²) in [7, 11) is -0.876. The van der Waals surface area contributed by atoms with Crippen molar-refractivity contribution in [3.05, 3.63) is 59.7 Å². The van der Waals surface area contributed by atoms with Gasteiger partial charge in [-0.2, -0.15) is 4.31 Å². The van der Waals surface area contributed by atoms with Crippen LogP contribution in [0.15, 0.2) is 53.4 Å². The number of sulfonamides is 1. The Labute approximate surface area is 211 Å². The third-order valence-corrected chi connectivity index (χ3v) is 10.2. The molecule has 2 saturated heterocycles. The van der Waals surface area contributed by atoms with Crippen LogP contribution >= 0.6 is 0 Å². The Balaban J connectivity index is 1.49.